The molecule has 1 aliphatic rings. The number of rotatable bonds is 4. The summed E-state index contributed by atoms with van der Waals surface area (Å²) in [6, 6.07) is 2.14. The summed E-state index contributed by atoms with van der Waals surface area (Å²) in [5.74, 6) is -4.59. The van der Waals surface area contributed by atoms with Crippen LogP contribution in [0, 0.1) is 23.3 Å². The zero-order chi connectivity index (χ0) is 20.4. The number of halogens is 5. The molecular weight excluding hydrogens is 446 g/mol. The van der Waals surface area contributed by atoms with Gasteiger partial charge in [-0.05, 0) is 6.07 Å². The molecule has 0 bridgehead atoms. The molecular formula is C18H12BrF4N3O2. The van der Waals surface area contributed by atoms with E-state index in [-0.39, 0.29) is 33.7 Å². The molecule has 0 saturated heterocycles. The van der Waals surface area contributed by atoms with Gasteiger partial charge in [-0.15, -0.1) is 0 Å². The minimum atomic E-state index is -1.26. The van der Waals surface area contributed by atoms with Crippen LogP contribution in [-0.4, -0.2) is 29.2 Å². The minimum Gasteiger partial charge on any atom is -0.466 e. The Hall–Kier alpha value is -2.75. The summed E-state index contributed by atoms with van der Waals surface area (Å²) in [5, 5.41) is 2.82. The van der Waals surface area contributed by atoms with Crippen LogP contribution in [0.5, 0.6) is 0 Å². The van der Waals surface area contributed by atoms with Crippen LogP contribution in [0.2, 0.25) is 0 Å². The van der Waals surface area contributed by atoms with Gasteiger partial charge in [0.1, 0.15) is 29.2 Å². The Kier molecular flexibility index (Phi) is 5.78. The van der Waals surface area contributed by atoms with Gasteiger partial charge in [-0.25, -0.2) is 27.3 Å². The van der Waals surface area contributed by atoms with E-state index < -0.39 is 35.3 Å². The molecule has 3 rings (SSSR count). The average molecular weight is 458 g/mol. The lowest BCUT2D eigenvalue weighted by molar-refractivity contribution is -0.136. The summed E-state index contributed by atoms with van der Waals surface area (Å²) in [5.41, 5.74) is -0.273. The number of aromatic nitrogens is 1. The molecule has 10 heteroatoms. The average Bonchev–Trinajstić information content (AvgIpc) is 2.66. The molecule has 0 spiro atoms. The van der Waals surface area contributed by atoms with Crippen molar-refractivity contribution >= 4 is 27.7 Å². The molecule has 0 aliphatic carbocycles. The summed E-state index contributed by atoms with van der Waals surface area (Å²) >= 11 is 3.20. The van der Waals surface area contributed by atoms with E-state index in [0.29, 0.717) is 12.1 Å². The molecule has 1 N–H and O–H groups in total. The zero-order valence-corrected chi connectivity index (χ0v) is 15.9. The fourth-order valence-electron chi connectivity index (χ4n) is 2.71. The summed E-state index contributed by atoms with van der Waals surface area (Å²) in [6.07, 6.45) is 0.795. The van der Waals surface area contributed by atoms with Gasteiger partial charge in [-0.3, -0.25) is 4.99 Å². The number of benzene rings is 1. The van der Waals surface area contributed by atoms with E-state index in [1.807, 2.05) is 0 Å². The van der Waals surface area contributed by atoms with Crippen molar-refractivity contribution in [1.29, 1.82) is 0 Å². The highest BCUT2D eigenvalue weighted by Gasteiger charge is 2.34. The lowest BCUT2D eigenvalue weighted by Gasteiger charge is -2.26. The van der Waals surface area contributed by atoms with Gasteiger partial charge >= 0.3 is 5.97 Å². The number of pyridine rings is 1. The molecule has 5 nitrogen and oxygen atoms in total. The summed E-state index contributed by atoms with van der Waals surface area (Å²) in [4.78, 5) is 20.2. The van der Waals surface area contributed by atoms with Gasteiger partial charge in [-0.2, -0.15) is 0 Å². The third-order valence-corrected chi connectivity index (χ3v) is 4.51. The number of hydrogen-bond donors (Lipinski definition) is 1. The Morgan fingerprint density at radius 3 is 2.50 bits per heavy atom. The third kappa shape index (κ3) is 3.77. The van der Waals surface area contributed by atoms with Crippen molar-refractivity contribution in [2.75, 3.05) is 12.4 Å². The van der Waals surface area contributed by atoms with Crippen LogP contribution >= 0.6 is 15.9 Å². The third-order valence-electron chi connectivity index (χ3n) is 3.95. The first kappa shape index (κ1) is 20.0. The van der Waals surface area contributed by atoms with Crippen LogP contribution in [-0.2, 0) is 9.53 Å². The number of ether oxygens (including phenoxy) is 1. The van der Waals surface area contributed by atoms with E-state index in [0.717, 1.165) is 25.4 Å². The Morgan fingerprint density at radius 1 is 1.18 bits per heavy atom. The number of aliphatic imine (C=N–C) groups is 1. The lowest BCUT2D eigenvalue weighted by Crippen LogP contribution is -2.35. The molecule has 2 heterocycles. The van der Waals surface area contributed by atoms with Gasteiger partial charge < -0.3 is 10.1 Å². The Labute approximate surface area is 165 Å². The lowest BCUT2D eigenvalue weighted by atomic mass is 9.95. The number of allylic oxidation sites excluding steroid dienone is 1. The fraction of sp³-hybridized carbons (Fsp3) is 0.167. The Morgan fingerprint density at radius 2 is 1.89 bits per heavy atom. The minimum absolute atomic E-state index is 0.0452. The van der Waals surface area contributed by atoms with E-state index in [4.69, 9.17) is 4.74 Å². The van der Waals surface area contributed by atoms with E-state index in [9.17, 15) is 22.4 Å². The monoisotopic (exact) mass is 457 g/mol. The molecule has 1 aromatic carbocycles. The van der Waals surface area contributed by atoms with Gasteiger partial charge in [0, 0.05) is 28.7 Å². The molecule has 0 fully saturated rings. The molecule has 1 aliphatic heterocycles. The van der Waals surface area contributed by atoms with Crippen LogP contribution in [0.4, 0.5) is 17.6 Å². The van der Waals surface area contributed by atoms with Crippen molar-refractivity contribution in [2.45, 2.75) is 6.04 Å². The van der Waals surface area contributed by atoms with E-state index >= 15 is 0 Å². The number of methoxy groups -OCH3 is 1. The number of hydrogen-bond acceptors (Lipinski definition) is 5. The van der Waals surface area contributed by atoms with Crippen molar-refractivity contribution in [3.05, 3.63) is 76.3 Å². The topological polar surface area (TPSA) is 63.6 Å². The highest BCUT2D eigenvalue weighted by Crippen LogP contribution is 2.34. The predicted octanol–water partition coefficient (Wildman–Crippen LogP) is 3.55. The van der Waals surface area contributed by atoms with Gasteiger partial charge in [0.15, 0.2) is 11.7 Å². The molecule has 0 saturated carbocycles. The molecule has 146 valence electrons. The molecule has 0 amide bonds. The van der Waals surface area contributed by atoms with Crippen molar-refractivity contribution in [1.82, 2.24) is 10.3 Å². The molecule has 1 unspecified atom stereocenters. The number of carbonyl (C=O) groups is 1. The smallest absolute Gasteiger partial charge is 0.338 e. The maximum Gasteiger partial charge on any atom is 0.338 e. The molecule has 28 heavy (non-hydrogen) atoms. The van der Waals surface area contributed by atoms with Crippen LogP contribution < -0.4 is 5.32 Å². The van der Waals surface area contributed by atoms with Crippen LogP contribution in [0.3, 0.4) is 0 Å². The quantitative estimate of drug-likeness (QED) is 0.433. The second kappa shape index (κ2) is 8.09. The summed E-state index contributed by atoms with van der Waals surface area (Å²) < 4.78 is 59.8. The van der Waals surface area contributed by atoms with E-state index in [2.05, 4.69) is 31.2 Å². The molecule has 2 aromatic rings. The Balaban J connectivity index is 2.20. The molecule has 0 radical (unpaired) electrons. The van der Waals surface area contributed by atoms with Crippen LogP contribution in [0.1, 0.15) is 17.3 Å². The van der Waals surface area contributed by atoms with Crippen molar-refractivity contribution in [3.8, 4) is 0 Å². The number of amidine groups is 1. The second-order valence-corrected chi connectivity index (χ2v) is 6.23. The number of nitrogens with one attached hydrogen (secondary N) is 1. The van der Waals surface area contributed by atoms with Gasteiger partial charge in [-0.1, -0.05) is 22.0 Å². The van der Waals surface area contributed by atoms with Crippen LogP contribution in [0.15, 0.2) is 46.7 Å². The summed E-state index contributed by atoms with van der Waals surface area (Å²) in [6.45, 7) is 0. The Bertz CT molecular complexity index is 1010. The number of esters is 1. The standard InChI is InChI=1S/C18H12BrF4N3O2/c1-28-18(27)14-13(6-19)25-17(16-12(23)5-9(21)7-24-16)26-15(14)10-3-2-8(20)4-11(10)22/h2-5,7,15H,6H2,1H3,(H,25,26). The first-order chi connectivity index (χ1) is 13.3. The highest BCUT2D eigenvalue weighted by atomic mass is 79.9. The SMILES string of the molecule is COC(=O)C1=C(CBr)NC(c2ncc(F)cc2F)=NC1c1ccc(F)cc1F. The maximum absolute atomic E-state index is 14.4. The fourth-order valence-corrected chi connectivity index (χ4v) is 3.15. The van der Waals surface area contributed by atoms with Gasteiger partial charge in [0.05, 0.1) is 18.9 Å². The first-order valence-electron chi connectivity index (χ1n) is 7.84. The highest BCUT2D eigenvalue weighted by molar-refractivity contribution is 9.09. The molecule has 1 atom stereocenters. The second-order valence-electron chi connectivity index (χ2n) is 5.67. The van der Waals surface area contributed by atoms with E-state index in [1.54, 1.807) is 0 Å². The normalized spacial score (nSPS) is 16.5. The van der Waals surface area contributed by atoms with E-state index in [1.165, 1.54) is 0 Å². The first-order valence-corrected chi connectivity index (χ1v) is 8.96. The predicted molar refractivity (Wildman–Crippen MR) is 95.8 cm³/mol. The van der Waals surface area contributed by atoms with Crippen molar-refractivity contribution in [2.24, 2.45) is 4.99 Å². The largest absolute Gasteiger partial charge is 0.466 e. The summed E-state index contributed by atoms with van der Waals surface area (Å²) in [7, 11) is 1.14. The maximum atomic E-state index is 14.4. The van der Waals surface area contributed by atoms with Crippen molar-refractivity contribution in [3.63, 3.8) is 0 Å². The van der Waals surface area contributed by atoms with Gasteiger partial charge in [0.2, 0.25) is 0 Å². The van der Waals surface area contributed by atoms with Crippen molar-refractivity contribution < 1.29 is 27.1 Å². The number of carbonyl (C=O) groups excluding carboxylic acids is 1. The molecule has 1 aromatic heterocycles. The van der Waals surface area contributed by atoms with Crippen LogP contribution in [0.25, 0.3) is 0 Å². The zero-order valence-electron chi connectivity index (χ0n) is 14.3. The number of alkyl halides is 1. The van der Waals surface area contributed by atoms with Gasteiger partial charge in [0.25, 0.3) is 0 Å². The number of nitrogens with zero attached hydrogens (tertiary/aromatic N) is 2.